The number of hydrogen-bond donors (Lipinski definition) is 1. The molecule has 0 aromatic carbocycles. The Balaban J connectivity index is 1.76. The molecule has 116 valence electrons. The van der Waals surface area contributed by atoms with Gasteiger partial charge < -0.3 is 5.11 Å². The summed E-state index contributed by atoms with van der Waals surface area (Å²) in [6.45, 7) is 0. The van der Waals surface area contributed by atoms with E-state index in [2.05, 4.69) is 0 Å². The van der Waals surface area contributed by atoms with Crippen LogP contribution in [0.5, 0.6) is 0 Å². The quantitative estimate of drug-likeness (QED) is 0.807. The van der Waals surface area contributed by atoms with Crippen molar-refractivity contribution in [2.45, 2.75) is 70.3 Å². The molecule has 1 atom stereocenters. The minimum Gasteiger partial charge on any atom is -0.481 e. The molecule has 0 bridgehead atoms. The molecule has 1 saturated heterocycles. The van der Waals surface area contributed by atoms with Crippen LogP contribution in [0.15, 0.2) is 0 Å². The number of piperidine rings is 1. The zero-order valence-corrected chi connectivity index (χ0v) is 12.3. The van der Waals surface area contributed by atoms with E-state index in [1.165, 1.54) is 11.3 Å². The van der Waals surface area contributed by atoms with Gasteiger partial charge in [-0.15, -0.1) is 0 Å². The van der Waals surface area contributed by atoms with E-state index in [9.17, 15) is 14.4 Å². The van der Waals surface area contributed by atoms with Gasteiger partial charge in [-0.05, 0) is 37.0 Å². The van der Waals surface area contributed by atoms with Gasteiger partial charge in [0.05, 0.1) is 12.5 Å². The molecule has 3 rings (SSSR count). The van der Waals surface area contributed by atoms with E-state index < -0.39 is 12.0 Å². The van der Waals surface area contributed by atoms with Gasteiger partial charge in [0.25, 0.3) is 0 Å². The Hall–Kier alpha value is -1.39. The SMILES string of the molecule is O=C(O)CC(C1CC1)N1C(=O)CC2(CCCCC2)CC1=O. The van der Waals surface area contributed by atoms with Crippen LogP contribution in [0.4, 0.5) is 0 Å². The normalized spacial score (nSPS) is 27.0. The summed E-state index contributed by atoms with van der Waals surface area (Å²) in [5, 5.41) is 9.06. The van der Waals surface area contributed by atoms with Gasteiger partial charge >= 0.3 is 5.97 Å². The van der Waals surface area contributed by atoms with E-state index in [-0.39, 0.29) is 29.6 Å². The third-order valence-corrected chi connectivity index (χ3v) is 5.39. The van der Waals surface area contributed by atoms with E-state index >= 15 is 0 Å². The second kappa shape index (κ2) is 5.43. The number of carboxylic acid groups (broad SMARTS) is 1. The van der Waals surface area contributed by atoms with Gasteiger partial charge in [0.2, 0.25) is 11.8 Å². The Morgan fingerprint density at radius 1 is 1.14 bits per heavy atom. The number of carbonyl (C=O) groups excluding carboxylic acids is 2. The van der Waals surface area contributed by atoms with Crippen molar-refractivity contribution in [2.24, 2.45) is 11.3 Å². The van der Waals surface area contributed by atoms with Gasteiger partial charge in [0.15, 0.2) is 0 Å². The van der Waals surface area contributed by atoms with Crippen LogP contribution >= 0.6 is 0 Å². The molecule has 0 aromatic heterocycles. The molecule has 3 aliphatic rings. The second-order valence-corrected chi connectivity index (χ2v) is 7.07. The van der Waals surface area contributed by atoms with Crippen molar-refractivity contribution >= 4 is 17.8 Å². The van der Waals surface area contributed by atoms with E-state index in [4.69, 9.17) is 5.11 Å². The van der Waals surface area contributed by atoms with Gasteiger partial charge in [-0.1, -0.05) is 19.3 Å². The van der Waals surface area contributed by atoms with Crippen molar-refractivity contribution in [1.29, 1.82) is 0 Å². The first-order chi connectivity index (χ1) is 10.0. The molecule has 2 saturated carbocycles. The van der Waals surface area contributed by atoms with Crippen LogP contribution in [0.25, 0.3) is 0 Å². The van der Waals surface area contributed by atoms with Crippen molar-refractivity contribution in [3.8, 4) is 0 Å². The average Bonchev–Trinajstić information content (AvgIpc) is 3.21. The lowest BCUT2D eigenvalue weighted by Crippen LogP contribution is -2.54. The number of likely N-dealkylation sites (tertiary alicyclic amines) is 1. The fourth-order valence-corrected chi connectivity index (χ4v) is 4.17. The summed E-state index contributed by atoms with van der Waals surface area (Å²) in [4.78, 5) is 37.4. The smallest absolute Gasteiger partial charge is 0.305 e. The first kappa shape index (κ1) is 14.5. The van der Waals surface area contributed by atoms with Crippen molar-refractivity contribution < 1.29 is 19.5 Å². The summed E-state index contributed by atoms with van der Waals surface area (Å²) < 4.78 is 0. The van der Waals surface area contributed by atoms with Crippen LogP contribution in [0, 0.1) is 11.3 Å². The molecule has 1 heterocycles. The predicted molar refractivity (Wildman–Crippen MR) is 75.4 cm³/mol. The third kappa shape index (κ3) is 2.97. The summed E-state index contributed by atoms with van der Waals surface area (Å²) in [5.41, 5.74) is -0.125. The average molecular weight is 293 g/mol. The number of rotatable bonds is 4. The molecular formula is C16H23NO4. The highest BCUT2D eigenvalue weighted by atomic mass is 16.4. The molecule has 1 unspecified atom stereocenters. The number of carboxylic acids is 1. The van der Waals surface area contributed by atoms with E-state index in [0.717, 1.165) is 38.5 Å². The lowest BCUT2D eigenvalue weighted by Gasteiger charge is -2.44. The Morgan fingerprint density at radius 3 is 2.19 bits per heavy atom. The largest absolute Gasteiger partial charge is 0.481 e. The maximum absolute atomic E-state index is 12.5. The Labute approximate surface area is 124 Å². The number of aliphatic carboxylic acids is 1. The summed E-state index contributed by atoms with van der Waals surface area (Å²) in [7, 11) is 0. The first-order valence-electron chi connectivity index (χ1n) is 8.07. The van der Waals surface area contributed by atoms with Crippen LogP contribution in [-0.4, -0.2) is 33.8 Å². The highest BCUT2D eigenvalue weighted by Gasteiger charge is 2.49. The number of hydrogen-bond acceptors (Lipinski definition) is 3. The zero-order chi connectivity index (χ0) is 15.0. The monoisotopic (exact) mass is 293 g/mol. The number of amides is 2. The molecule has 1 aliphatic heterocycles. The van der Waals surface area contributed by atoms with Crippen molar-refractivity contribution in [3.63, 3.8) is 0 Å². The zero-order valence-electron chi connectivity index (χ0n) is 12.3. The summed E-state index contributed by atoms with van der Waals surface area (Å²) in [5.74, 6) is -0.988. The van der Waals surface area contributed by atoms with E-state index in [0.29, 0.717) is 12.8 Å². The van der Waals surface area contributed by atoms with Crippen LogP contribution in [0.2, 0.25) is 0 Å². The predicted octanol–water partition coefficient (Wildman–Crippen LogP) is 2.34. The molecule has 0 aromatic rings. The standard InChI is InChI=1S/C16H23NO4/c18-13-9-16(6-2-1-3-7-16)10-14(19)17(13)12(8-15(20)21)11-4-5-11/h11-12H,1-10H2,(H,20,21). The molecule has 1 N–H and O–H groups in total. The molecule has 1 spiro atoms. The minimum atomic E-state index is -0.926. The fraction of sp³-hybridized carbons (Fsp3) is 0.812. The van der Waals surface area contributed by atoms with Crippen molar-refractivity contribution in [2.75, 3.05) is 0 Å². The molecule has 21 heavy (non-hydrogen) atoms. The highest BCUT2D eigenvalue weighted by molar-refractivity contribution is 5.99. The molecule has 3 fully saturated rings. The Kier molecular flexibility index (Phi) is 3.76. The number of imide groups is 1. The maximum atomic E-state index is 12.5. The fourth-order valence-electron chi connectivity index (χ4n) is 4.17. The second-order valence-electron chi connectivity index (χ2n) is 7.07. The van der Waals surface area contributed by atoms with Gasteiger partial charge in [0, 0.05) is 12.8 Å². The molecular weight excluding hydrogens is 270 g/mol. The van der Waals surface area contributed by atoms with Crippen LogP contribution in [0.1, 0.15) is 64.2 Å². The van der Waals surface area contributed by atoms with Gasteiger partial charge in [-0.25, -0.2) is 0 Å². The summed E-state index contributed by atoms with van der Waals surface area (Å²) in [6.07, 6.45) is 7.94. The van der Waals surface area contributed by atoms with Gasteiger partial charge in [-0.2, -0.15) is 0 Å². The summed E-state index contributed by atoms with van der Waals surface area (Å²) in [6, 6.07) is -0.413. The lowest BCUT2D eigenvalue weighted by atomic mass is 9.67. The Morgan fingerprint density at radius 2 is 1.71 bits per heavy atom. The van der Waals surface area contributed by atoms with Crippen LogP contribution in [0.3, 0.4) is 0 Å². The molecule has 2 amide bonds. The molecule has 5 heteroatoms. The first-order valence-corrected chi connectivity index (χ1v) is 8.07. The van der Waals surface area contributed by atoms with Crippen molar-refractivity contribution in [3.05, 3.63) is 0 Å². The minimum absolute atomic E-state index is 0.102. The third-order valence-electron chi connectivity index (χ3n) is 5.39. The molecule has 2 aliphatic carbocycles. The maximum Gasteiger partial charge on any atom is 0.305 e. The summed E-state index contributed by atoms with van der Waals surface area (Å²) >= 11 is 0. The Bertz CT molecular complexity index is 443. The van der Waals surface area contributed by atoms with Crippen LogP contribution < -0.4 is 0 Å². The highest BCUT2D eigenvalue weighted by Crippen LogP contribution is 2.47. The van der Waals surface area contributed by atoms with Gasteiger partial charge in [-0.3, -0.25) is 19.3 Å². The van der Waals surface area contributed by atoms with Gasteiger partial charge in [0.1, 0.15) is 0 Å². The topological polar surface area (TPSA) is 74.7 Å². The van der Waals surface area contributed by atoms with E-state index in [1.807, 2.05) is 0 Å². The molecule has 5 nitrogen and oxygen atoms in total. The number of nitrogens with zero attached hydrogens (tertiary/aromatic N) is 1. The van der Waals surface area contributed by atoms with Crippen molar-refractivity contribution in [1.82, 2.24) is 4.90 Å². The van der Waals surface area contributed by atoms with Crippen LogP contribution in [-0.2, 0) is 14.4 Å². The lowest BCUT2D eigenvalue weighted by molar-refractivity contribution is -0.159. The number of carbonyl (C=O) groups is 3. The van der Waals surface area contributed by atoms with E-state index in [1.54, 1.807) is 0 Å². The molecule has 0 radical (unpaired) electrons.